The lowest BCUT2D eigenvalue weighted by molar-refractivity contribution is -0.143. The van der Waals surface area contributed by atoms with Gasteiger partial charge in [-0.1, -0.05) is 6.92 Å². The van der Waals surface area contributed by atoms with Crippen molar-refractivity contribution >= 4 is 17.5 Å². The van der Waals surface area contributed by atoms with Gasteiger partial charge < -0.3 is 9.80 Å². The van der Waals surface area contributed by atoms with Crippen molar-refractivity contribution in [3.05, 3.63) is 24.5 Å². The number of hydrogen-bond donors (Lipinski definition) is 0. The summed E-state index contributed by atoms with van der Waals surface area (Å²) in [4.78, 5) is 34.3. The van der Waals surface area contributed by atoms with Crippen LogP contribution in [0.4, 0.5) is 5.69 Å². The van der Waals surface area contributed by atoms with Crippen LogP contribution in [0, 0.1) is 17.3 Å². The van der Waals surface area contributed by atoms with E-state index in [0.29, 0.717) is 12.5 Å². The smallest absolute Gasteiger partial charge is 0.235 e. The number of piperidine rings is 1. The fourth-order valence-corrected chi connectivity index (χ4v) is 5.04. The molecule has 2 amide bonds. The molecule has 3 aliphatic rings. The van der Waals surface area contributed by atoms with Gasteiger partial charge in [-0.15, -0.1) is 0 Å². The third kappa shape index (κ3) is 3.12. The summed E-state index contributed by atoms with van der Waals surface area (Å²) in [7, 11) is 0. The van der Waals surface area contributed by atoms with Gasteiger partial charge in [0.15, 0.2) is 0 Å². The molecule has 1 unspecified atom stereocenters. The van der Waals surface area contributed by atoms with Crippen LogP contribution in [-0.4, -0.2) is 41.3 Å². The van der Waals surface area contributed by atoms with E-state index in [2.05, 4.69) is 11.9 Å². The van der Waals surface area contributed by atoms with E-state index < -0.39 is 0 Å². The van der Waals surface area contributed by atoms with Crippen molar-refractivity contribution in [2.45, 2.75) is 51.9 Å². The number of pyridine rings is 1. The van der Waals surface area contributed by atoms with Crippen molar-refractivity contribution in [2.75, 3.05) is 24.5 Å². The van der Waals surface area contributed by atoms with Gasteiger partial charge in [-0.25, -0.2) is 0 Å². The summed E-state index contributed by atoms with van der Waals surface area (Å²) in [6, 6.07) is 3.81. The highest BCUT2D eigenvalue weighted by molar-refractivity contribution is 6.00. The number of aromatic nitrogens is 1. The Balaban J connectivity index is 1.46. The van der Waals surface area contributed by atoms with Gasteiger partial charge in [0, 0.05) is 31.7 Å². The van der Waals surface area contributed by atoms with Gasteiger partial charge >= 0.3 is 0 Å². The highest BCUT2D eigenvalue weighted by Gasteiger charge is 2.50. The van der Waals surface area contributed by atoms with Crippen LogP contribution in [0.2, 0.25) is 0 Å². The summed E-state index contributed by atoms with van der Waals surface area (Å²) >= 11 is 0. The van der Waals surface area contributed by atoms with E-state index in [1.54, 1.807) is 12.4 Å². The molecule has 5 heteroatoms. The minimum atomic E-state index is -0.383. The van der Waals surface area contributed by atoms with Crippen molar-refractivity contribution in [1.29, 1.82) is 0 Å². The number of carbonyl (C=O) groups excluding carboxylic acids is 2. The van der Waals surface area contributed by atoms with Gasteiger partial charge in [0.25, 0.3) is 0 Å². The SMILES string of the molecule is CC1CCC(C(=O)N2CCCC3(CCN(c4cccnc4)C3=O)C2)CC1. The first-order valence-electron chi connectivity index (χ1n) is 10.1. The lowest BCUT2D eigenvalue weighted by atomic mass is 9.77. The lowest BCUT2D eigenvalue weighted by Crippen LogP contribution is -2.51. The number of carbonyl (C=O) groups is 2. The standard InChI is InChI=1S/C21H29N3O2/c1-16-5-7-17(8-6-16)19(25)23-12-3-9-21(15-23)10-13-24(20(21)26)18-4-2-11-22-14-18/h2,4,11,14,16-17H,3,5-10,12-13,15H2,1H3. The molecule has 1 aromatic heterocycles. The highest BCUT2D eigenvalue weighted by Crippen LogP contribution is 2.42. The van der Waals surface area contributed by atoms with Gasteiger partial charge in [-0.2, -0.15) is 0 Å². The Bertz CT molecular complexity index is 669. The van der Waals surface area contributed by atoms with Crippen LogP contribution in [0.15, 0.2) is 24.5 Å². The zero-order valence-electron chi connectivity index (χ0n) is 15.7. The number of anilines is 1. The molecule has 1 saturated carbocycles. The van der Waals surface area contributed by atoms with E-state index in [1.165, 1.54) is 0 Å². The molecule has 0 bridgehead atoms. The lowest BCUT2D eigenvalue weighted by Gasteiger charge is -2.41. The average molecular weight is 355 g/mol. The number of amides is 2. The Morgan fingerprint density at radius 3 is 2.73 bits per heavy atom. The van der Waals surface area contributed by atoms with E-state index >= 15 is 0 Å². The minimum Gasteiger partial charge on any atom is -0.341 e. The summed E-state index contributed by atoms with van der Waals surface area (Å²) < 4.78 is 0. The zero-order chi connectivity index (χ0) is 18.1. The van der Waals surface area contributed by atoms with Crippen molar-refractivity contribution < 1.29 is 9.59 Å². The molecule has 0 aromatic carbocycles. The van der Waals surface area contributed by atoms with Crippen LogP contribution in [0.25, 0.3) is 0 Å². The molecule has 4 rings (SSSR count). The zero-order valence-corrected chi connectivity index (χ0v) is 15.7. The predicted octanol–water partition coefficient (Wildman–Crippen LogP) is 3.25. The maximum Gasteiger partial charge on any atom is 0.235 e. The van der Waals surface area contributed by atoms with Gasteiger partial charge in [-0.3, -0.25) is 14.6 Å². The number of hydrogen-bond acceptors (Lipinski definition) is 3. The molecule has 1 aromatic rings. The number of likely N-dealkylation sites (tertiary alicyclic amines) is 1. The van der Waals surface area contributed by atoms with Crippen molar-refractivity contribution in [3.63, 3.8) is 0 Å². The van der Waals surface area contributed by atoms with Gasteiger partial charge in [0.05, 0.1) is 17.3 Å². The first-order valence-corrected chi connectivity index (χ1v) is 10.1. The molecule has 2 saturated heterocycles. The topological polar surface area (TPSA) is 53.5 Å². The van der Waals surface area contributed by atoms with E-state index in [4.69, 9.17) is 0 Å². The fourth-order valence-electron chi connectivity index (χ4n) is 5.04. The number of nitrogens with zero attached hydrogens (tertiary/aromatic N) is 3. The predicted molar refractivity (Wildman–Crippen MR) is 101 cm³/mol. The van der Waals surface area contributed by atoms with Crippen molar-refractivity contribution in [1.82, 2.24) is 9.88 Å². The average Bonchev–Trinajstić information content (AvgIpc) is 2.98. The second kappa shape index (κ2) is 7.01. The van der Waals surface area contributed by atoms with Crippen LogP contribution in [0.1, 0.15) is 51.9 Å². The Morgan fingerprint density at radius 2 is 2.00 bits per heavy atom. The maximum atomic E-state index is 13.2. The third-order valence-electron chi connectivity index (χ3n) is 6.72. The molecule has 1 spiro atoms. The van der Waals surface area contributed by atoms with Crippen LogP contribution in [0.3, 0.4) is 0 Å². The largest absolute Gasteiger partial charge is 0.341 e. The summed E-state index contributed by atoms with van der Waals surface area (Å²) in [6.45, 7) is 4.43. The summed E-state index contributed by atoms with van der Waals surface area (Å²) in [5, 5.41) is 0. The molecule has 0 N–H and O–H groups in total. The van der Waals surface area contributed by atoms with Crippen molar-refractivity contribution in [2.24, 2.45) is 17.3 Å². The molecule has 5 nitrogen and oxygen atoms in total. The highest BCUT2D eigenvalue weighted by atomic mass is 16.2. The maximum absolute atomic E-state index is 13.2. The van der Waals surface area contributed by atoms with Gasteiger partial charge in [0.2, 0.25) is 11.8 Å². The Labute approximate surface area is 155 Å². The van der Waals surface area contributed by atoms with E-state index in [9.17, 15) is 9.59 Å². The van der Waals surface area contributed by atoms with Crippen LogP contribution in [0.5, 0.6) is 0 Å². The van der Waals surface area contributed by atoms with E-state index in [-0.39, 0.29) is 17.2 Å². The molecule has 140 valence electrons. The fraction of sp³-hybridized carbons (Fsp3) is 0.667. The number of rotatable bonds is 2. The van der Waals surface area contributed by atoms with Gasteiger partial charge in [-0.05, 0) is 63.0 Å². The molecule has 3 fully saturated rings. The molecular weight excluding hydrogens is 326 g/mol. The summed E-state index contributed by atoms with van der Waals surface area (Å²) in [5.74, 6) is 1.40. The van der Waals surface area contributed by atoms with E-state index in [0.717, 1.165) is 69.6 Å². The normalized spacial score (nSPS) is 32.3. The Hall–Kier alpha value is -1.91. The van der Waals surface area contributed by atoms with Crippen molar-refractivity contribution in [3.8, 4) is 0 Å². The molecule has 1 atom stereocenters. The monoisotopic (exact) mass is 355 g/mol. The first kappa shape index (κ1) is 17.5. The minimum absolute atomic E-state index is 0.173. The second-order valence-corrected chi connectivity index (χ2v) is 8.52. The molecule has 1 aliphatic carbocycles. The van der Waals surface area contributed by atoms with Crippen LogP contribution >= 0.6 is 0 Å². The second-order valence-electron chi connectivity index (χ2n) is 8.52. The summed E-state index contributed by atoms with van der Waals surface area (Å²) in [5.41, 5.74) is 0.491. The molecular formula is C21H29N3O2. The van der Waals surface area contributed by atoms with Crippen LogP contribution in [-0.2, 0) is 9.59 Å². The molecule has 26 heavy (non-hydrogen) atoms. The third-order valence-corrected chi connectivity index (χ3v) is 6.72. The van der Waals surface area contributed by atoms with Crippen LogP contribution < -0.4 is 4.90 Å². The summed E-state index contributed by atoms with van der Waals surface area (Å²) in [6.07, 6.45) is 10.5. The Morgan fingerprint density at radius 1 is 1.19 bits per heavy atom. The Kier molecular flexibility index (Phi) is 4.72. The van der Waals surface area contributed by atoms with E-state index in [1.807, 2.05) is 21.9 Å². The first-order chi connectivity index (χ1) is 12.6. The quantitative estimate of drug-likeness (QED) is 0.818. The molecule has 2 aliphatic heterocycles. The molecule has 3 heterocycles. The van der Waals surface area contributed by atoms with Gasteiger partial charge in [0.1, 0.15) is 0 Å². The molecule has 0 radical (unpaired) electrons.